The van der Waals surface area contributed by atoms with Crippen LogP contribution < -0.4 is 11.1 Å². The van der Waals surface area contributed by atoms with E-state index in [2.05, 4.69) is 10.3 Å². The van der Waals surface area contributed by atoms with Crippen LogP contribution in [0.2, 0.25) is 0 Å². The third-order valence-corrected chi connectivity index (χ3v) is 1.03. The standard InChI is InChI=1S/C8H19N3O.HI/c1-6(12)5-10-7(9)11-8(2,3)4;/h6,12H,5H2,1-4H3,(H3,9,10,11);1H/t6-;/m0./s1. The molecule has 0 heterocycles. The predicted octanol–water partition coefficient (Wildman–Crippen LogP) is 0.688. The lowest BCUT2D eigenvalue weighted by Gasteiger charge is -2.21. The summed E-state index contributed by atoms with van der Waals surface area (Å²) in [7, 11) is 0. The van der Waals surface area contributed by atoms with Crippen molar-refractivity contribution in [3.8, 4) is 0 Å². The molecule has 0 aliphatic rings. The molecule has 0 aromatic heterocycles. The Labute approximate surface area is 97.0 Å². The molecule has 0 aliphatic carbocycles. The van der Waals surface area contributed by atoms with Gasteiger partial charge in [-0.1, -0.05) is 0 Å². The number of aliphatic hydroxyl groups is 1. The van der Waals surface area contributed by atoms with E-state index < -0.39 is 6.10 Å². The van der Waals surface area contributed by atoms with Gasteiger partial charge >= 0.3 is 0 Å². The van der Waals surface area contributed by atoms with Gasteiger partial charge in [0.15, 0.2) is 5.96 Å². The number of guanidine groups is 1. The minimum Gasteiger partial charge on any atom is -0.391 e. The quantitative estimate of drug-likeness (QED) is 0.399. The minimum atomic E-state index is -0.440. The van der Waals surface area contributed by atoms with Gasteiger partial charge in [-0.25, -0.2) is 0 Å². The van der Waals surface area contributed by atoms with E-state index >= 15 is 0 Å². The van der Waals surface area contributed by atoms with Crippen molar-refractivity contribution in [1.82, 2.24) is 5.32 Å². The van der Waals surface area contributed by atoms with Gasteiger partial charge in [0.1, 0.15) is 0 Å². The lowest BCUT2D eigenvalue weighted by atomic mass is 10.1. The minimum absolute atomic E-state index is 0. The molecule has 0 aromatic carbocycles. The van der Waals surface area contributed by atoms with Crippen molar-refractivity contribution in [3.63, 3.8) is 0 Å². The summed E-state index contributed by atoms with van der Waals surface area (Å²) in [5.41, 5.74) is 5.46. The lowest BCUT2D eigenvalue weighted by Crippen LogP contribution is -2.45. The van der Waals surface area contributed by atoms with Gasteiger partial charge in [-0.15, -0.1) is 24.0 Å². The first-order valence-electron chi connectivity index (χ1n) is 4.07. The molecule has 1 atom stereocenters. The van der Waals surface area contributed by atoms with Crippen LogP contribution in [0, 0.1) is 0 Å². The Morgan fingerprint density at radius 3 is 2.31 bits per heavy atom. The SMILES string of the molecule is C[C@H](O)CN=C(N)NC(C)(C)C.I. The van der Waals surface area contributed by atoms with Gasteiger partial charge in [-0.2, -0.15) is 0 Å². The van der Waals surface area contributed by atoms with Gasteiger partial charge in [0.2, 0.25) is 0 Å². The topological polar surface area (TPSA) is 70.6 Å². The number of hydrogen-bond donors (Lipinski definition) is 3. The molecule has 0 saturated heterocycles. The molecule has 0 fully saturated rings. The number of rotatable bonds is 2. The highest BCUT2D eigenvalue weighted by atomic mass is 127. The maximum atomic E-state index is 8.91. The van der Waals surface area contributed by atoms with Crippen LogP contribution in [0.4, 0.5) is 0 Å². The zero-order chi connectivity index (χ0) is 9.78. The molecule has 0 amide bonds. The predicted molar refractivity (Wildman–Crippen MR) is 66.5 cm³/mol. The van der Waals surface area contributed by atoms with E-state index in [-0.39, 0.29) is 29.5 Å². The fraction of sp³-hybridized carbons (Fsp3) is 0.875. The van der Waals surface area contributed by atoms with Crippen LogP contribution in [0.25, 0.3) is 0 Å². The van der Waals surface area contributed by atoms with Crippen molar-refractivity contribution in [2.24, 2.45) is 10.7 Å². The van der Waals surface area contributed by atoms with Gasteiger partial charge in [0.05, 0.1) is 12.6 Å². The molecule has 80 valence electrons. The van der Waals surface area contributed by atoms with Crippen LogP contribution in [-0.4, -0.2) is 29.3 Å². The molecular formula is C8H20IN3O. The van der Waals surface area contributed by atoms with Crippen LogP contribution in [0.5, 0.6) is 0 Å². The molecule has 0 saturated carbocycles. The highest BCUT2D eigenvalue weighted by Gasteiger charge is 2.09. The number of nitrogens with two attached hydrogens (primary N) is 1. The number of hydrogen-bond acceptors (Lipinski definition) is 2. The maximum absolute atomic E-state index is 8.91. The number of aliphatic hydroxyl groups excluding tert-OH is 1. The van der Waals surface area contributed by atoms with Crippen LogP contribution in [0.1, 0.15) is 27.7 Å². The van der Waals surface area contributed by atoms with Gasteiger partial charge in [-0.3, -0.25) is 4.99 Å². The fourth-order valence-electron chi connectivity index (χ4n) is 0.654. The summed E-state index contributed by atoms with van der Waals surface area (Å²) in [6, 6.07) is 0. The fourth-order valence-corrected chi connectivity index (χ4v) is 0.654. The highest BCUT2D eigenvalue weighted by Crippen LogP contribution is 1.96. The van der Waals surface area contributed by atoms with Crippen molar-refractivity contribution in [2.45, 2.75) is 39.3 Å². The summed E-state index contributed by atoms with van der Waals surface area (Å²) in [5.74, 6) is 0.378. The van der Waals surface area contributed by atoms with Crippen LogP contribution in [0.15, 0.2) is 4.99 Å². The average molecular weight is 301 g/mol. The summed E-state index contributed by atoms with van der Waals surface area (Å²) < 4.78 is 0. The lowest BCUT2D eigenvalue weighted by molar-refractivity contribution is 0.203. The van der Waals surface area contributed by atoms with Crippen molar-refractivity contribution >= 4 is 29.9 Å². The van der Waals surface area contributed by atoms with Gasteiger partial charge in [0, 0.05) is 5.54 Å². The van der Waals surface area contributed by atoms with Gasteiger partial charge < -0.3 is 16.2 Å². The summed E-state index contributed by atoms with van der Waals surface area (Å²) in [6.07, 6.45) is -0.440. The summed E-state index contributed by atoms with van der Waals surface area (Å²) in [5, 5.41) is 11.9. The smallest absolute Gasteiger partial charge is 0.189 e. The molecule has 0 bridgehead atoms. The highest BCUT2D eigenvalue weighted by molar-refractivity contribution is 14.0. The van der Waals surface area contributed by atoms with Crippen LogP contribution in [-0.2, 0) is 0 Å². The molecular weight excluding hydrogens is 281 g/mol. The van der Waals surface area contributed by atoms with E-state index in [1.807, 2.05) is 20.8 Å². The number of nitrogens with zero attached hydrogens (tertiary/aromatic N) is 1. The summed E-state index contributed by atoms with van der Waals surface area (Å²) >= 11 is 0. The van der Waals surface area contributed by atoms with Crippen molar-refractivity contribution in [3.05, 3.63) is 0 Å². The second-order valence-corrected chi connectivity index (χ2v) is 3.95. The Morgan fingerprint density at radius 1 is 1.54 bits per heavy atom. The van der Waals surface area contributed by atoms with Gasteiger partial charge in [-0.05, 0) is 27.7 Å². The second-order valence-electron chi connectivity index (χ2n) is 3.95. The molecule has 5 heteroatoms. The number of halogens is 1. The Hall–Kier alpha value is -0.0400. The molecule has 13 heavy (non-hydrogen) atoms. The van der Waals surface area contributed by atoms with E-state index in [0.717, 1.165) is 0 Å². The number of nitrogens with one attached hydrogen (secondary N) is 1. The molecule has 0 radical (unpaired) electrons. The van der Waals surface area contributed by atoms with E-state index in [1.54, 1.807) is 6.92 Å². The third-order valence-electron chi connectivity index (χ3n) is 1.03. The first-order valence-corrected chi connectivity index (χ1v) is 4.07. The summed E-state index contributed by atoms with van der Waals surface area (Å²) in [6.45, 7) is 8.01. The van der Waals surface area contributed by atoms with E-state index in [4.69, 9.17) is 10.8 Å². The molecule has 0 aromatic rings. The third kappa shape index (κ3) is 12.0. The van der Waals surface area contributed by atoms with Crippen molar-refractivity contribution in [2.75, 3.05) is 6.54 Å². The number of aliphatic imine (C=N–C) groups is 1. The largest absolute Gasteiger partial charge is 0.391 e. The molecule has 0 unspecified atom stereocenters. The van der Waals surface area contributed by atoms with Crippen LogP contribution >= 0.6 is 24.0 Å². The van der Waals surface area contributed by atoms with Crippen LogP contribution in [0.3, 0.4) is 0 Å². The van der Waals surface area contributed by atoms with Crippen molar-refractivity contribution in [1.29, 1.82) is 0 Å². The first-order chi connectivity index (χ1) is 5.31. The normalized spacial score (nSPS) is 14.7. The Kier molecular flexibility index (Phi) is 7.62. The Balaban J connectivity index is 0. The zero-order valence-electron chi connectivity index (χ0n) is 8.66. The maximum Gasteiger partial charge on any atom is 0.189 e. The average Bonchev–Trinajstić information content (AvgIpc) is 1.79. The van der Waals surface area contributed by atoms with Crippen molar-refractivity contribution < 1.29 is 5.11 Å². The van der Waals surface area contributed by atoms with E-state index in [9.17, 15) is 0 Å². The van der Waals surface area contributed by atoms with Gasteiger partial charge in [0.25, 0.3) is 0 Å². The molecule has 0 aliphatic heterocycles. The zero-order valence-corrected chi connectivity index (χ0v) is 11.0. The van der Waals surface area contributed by atoms with E-state index in [1.165, 1.54) is 0 Å². The molecule has 0 rings (SSSR count). The first kappa shape index (κ1) is 15.4. The molecule has 4 N–H and O–H groups in total. The Bertz CT molecular complexity index is 163. The summed E-state index contributed by atoms with van der Waals surface area (Å²) in [4.78, 5) is 3.94. The molecule has 4 nitrogen and oxygen atoms in total. The Morgan fingerprint density at radius 2 is 2.00 bits per heavy atom. The monoisotopic (exact) mass is 301 g/mol. The molecule has 0 spiro atoms. The van der Waals surface area contributed by atoms with E-state index in [0.29, 0.717) is 12.5 Å². The second kappa shape index (κ2) is 6.42.